The summed E-state index contributed by atoms with van der Waals surface area (Å²) in [6, 6.07) is -1.42. The number of aliphatic carboxylic acids is 2. The van der Waals surface area contributed by atoms with Gasteiger partial charge in [0.2, 0.25) is 0 Å². The van der Waals surface area contributed by atoms with Crippen molar-refractivity contribution in [3.05, 3.63) is 0 Å². The molecule has 0 radical (unpaired) electrons. The average molecular weight is 235 g/mol. The third kappa shape index (κ3) is 10.9. The summed E-state index contributed by atoms with van der Waals surface area (Å²) >= 11 is 0. The lowest BCUT2D eigenvalue weighted by molar-refractivity contribution is -0.139. The lowest BCUT2D eigenvalue weighted by Gasteiger charge is -2.02. The molecule has 0 unspecified atom stereocenters. The van der Waals surface area contributed by atoms with Crippen molar-refractivity contribution in [2.45, 2.75) is 38.3 Å². The van der Waals surface area contributed by atoms with E-state index in [0.29, 0.717) is 25.8 Å². The lowest BCUT2D eigenvalue weighted by atomic mass is 10.2. The summed E-state index contributed by atoms with van der Waals surface area (Å²) in [5, 5.41) is 16.3. The van der Waals surface area contributed by atoms with Crippen LogP contribution in [0, 0.1) is 0 Å². The Kier molecular flexibility index (Phi) is 11.1. The second-order valence-corrected chi connectivity index (χ2v) is 3.23. The quantitative estimate of drug-likeness (QED) is 0.393. The third-order valence-corrected chi connectivity index (χ3v) is 1.79. The molecule has 0 aliphatic carbocycles. The Morgan fingerprint density at radius 2 is 1.56 bits per heavy atom. The molecule has 16 heavy (non-hydrogen) atoms. The van der Waals surface area contributed by atoms with Gasteiger partial charge in [0.25, 0.3) is 0 Å². The molecule has 0 bridgehead atoms. The fourth-order valence-electron chi connectivity index (χ4n) is 0.636. The van der Waals surface area contributed by atoms with Gasteiger partial charge in [0, 0.05) is 0 Å². The first-order valence-corrected chi connectivity index (χ1v) is 5.03. The lowest BCUT2D eigenvalue weighted by Crippen LogP contribution is -2.30. The van der Waals surface area contributed by atoms with Crippen molar-refractivity contribution >= 4 is 11.9 Å². The summed E-state index contributed by atoms with van der Waals surface area (Å²) in [5.41, 5.74) is 15.3. The van der Waals surface area contributed by atoms with Crippen LogP contribution >= 0.6 is 0 Å². The second kappa shape index (κ2) is 10.3. The number of hydrogen-bond acceptors (Lipinski definition) is 5. The fraction of sp³-hybridized carbons (Fsp3) is 0.778. The largest absolute Gasteiger partial charge is 0.480 e. The molecule has 96 valence electrons. The first-order valence-electron chi connectivity index (χ1n) is 5.03. The van der Waals surface area contributed by atoms with E-state index in [2.05, 4.69) is 0 Å². The molecule has 0 aliphatic rings. The number of nitrogens with two attached hydrogens (primary N) is 3. The third-order valence-electron chi connectivity index (χ3n) is 1.79. The Labute approximate surface area is 94.6 Å². The van der Waals surface area contributed by atoms with E-state index in [0.717, 1.165) is 0 Å². The van der Waals surface area contributed by atoms with Crippen molar-refractivity contribution in [1.82, 2.24) is 0 Å². The predicted molar refractivity (Wildman–Crippen MR) is 59.8 cm³/mol. The summed E-state index contributed by atoms with van der Waals surface area (Å²) < 4.78 is 0. The van der Waals surface area contributed by atoms with Crippen LogP contribution in [0.2, 0.25) is 0 Å². The number of carbonyl (C=O) groups is 2. The molecule has 0 saturated heterocycles. The van der Waals surface area contributed by atoms with E-state index in [-0.39, 0.29) is 0 Å². The van der Waals surface area contributed by atoms with Crippen LogP contribution in [0.4, 0.5) is 0 Å². The maximum absolute atomic E-state index is 10.0. The van der Waals surface area contributed by atoms with Gasteiger partial charge in [0.05, 0.1) is 0 Å². The van der Waals surface area contributed by atoms with Crippen LogP contribution in [-0.2, 0) is 9.59 Å². The highest BCUT2D eigenvalue weighted by Gasteiger charge is 2.08. The molecule has 0 aromatic rings. The van der Waals surface area contributed by atoms with Crippen molar-refractivity contribution in [1.29, 1.82) is 0 Å². The van der Waals surface area contributed by atoms with Gasteiger partial charge in [-0.05, 0) is 25.8 Å². The van der Waals surface area contributed by atoms with Crippen molar-refractivity contribution < 1.29 is 19.8 Å². The zero-order valence-electron chi connectivity index (χ0n) is 9.43. The molecule has 8 N–H and O–H groups in total. The first kappa shape index (κ1) is 17.2. The van der Waals surface area contributed by atoms with Gasteiger partial charge in [0.15, 0.2) is 0 Å². The summed E-state index contributed by atoms with van der Waals surface area (Å²) in [6.45, 7) is 2.24. The van der Waals surface area contributed by atoms with Crippen LogP contribution in [-0.4, -0.2) is 40.8 Å². The van der Waals surface area contributed by atoms with Crippen LogP contribution in [0.3, 0.4) is 0 Å². The molecule has 0 saturated carbocycles. The van der Waals surface area contributed by atoms with Gasteiger partial charge in [-0.2, -0.15) is 0 Å². The van der Waals surface area contributed by atoms with Crippen molar-refractivity contribution in [3.63, 3.8) is 0 Å². The topological polar surface area (TPSA) is 153 Å². The van der Waals surface area contributed by atoms with Crippen LogP contribution in [0.5, 0.6) is 0 Å². The Morgan fingerprint density at radius 3 is 1.75 bits per heavy atom. The molecule has 0 aromatic carbocycles. The number of carboxylic acid groups (broad SMARTS) is 2. The highest BCUT2D eigenvalue weighted by molar-refractivity contribution is 5.73. The number of carboxylic acids is 2. The average Bonchev–Trinajstić information content (AvgIpc) is 2.25. The number of rotatable bonds is 6. The molecular weight excluding hydrogens is 214 g/mol. The molecule has 0 aliphatic heterocycles. The summed E-state index contributed by atoms with van der Waals surface area (Å²) in [6.07, 6.45) is 1.63. The molecule has 7 heteroatoms. The smallest absolute Gasteiger partial charge is 0.320 e. The van der Waals surface area contributed by atoms with Crippen molar-refractivity contribution in [2.75, 3.05) is 6.54 Å². The van der Waals surface area contributed by atoms with Crippen molar-refractivity contribution in [2.24, 2.45) is 17.2 Å². The van der Waals surface area contributed by atoms with Gasteiger partial charge in [-0.3, -0.25) is 9.59 Å². The Balaban J connectivity index is 0. The van der Waals surface area contributed by atoms with Crippen LogP contribution in [0.25, 0.3) is 0 Å². The van der Waals surface area contributed by atoms with Gasteiger partial charge in [-0.25, -0.2) is 0 Å². The SMILES string of the molecule is CC[C@H](N)C(=O)O.NCCC[C@H](N)C(=O)O. The molecule has 2 atom stereocenters. The molecule has 0 spiro atoms. The molecule has 0 aromatic heterocycles. The predicted octanol–water partition coefficient (Wildman–Crippen LogP) is -1.05. The normalized spacial score (nSPS) is 13.2. The Bertz CT molecular complexity index is 211. The van der Waals surface area contributed by atoms with Crippen LogP contribution in [0.1, 0.15) is 26.2 Å². The zero-order valence-corrected chi connectivity index (χ0v) is 9.43. The minimum atomic E-state index is -0.955. The Morgan fingerprint density at radius 1 is 1.12 bits per heavy atom. The molecule has 0 heterocycles. The summed E-state index contributed by atoms with van der Waals surface area (Å²) in [7, 11) is 0. The molecule has 0 amide bonds. The minimum Gasteiger partial charge on any atom is -0.480 e. The van der Waals surface area contributed by atoms with E-state index in [1.165, 1.54) is 0 Å². The highest BCUT2D eigenvalue weighted by Crippen LogP contribution is 1.91. The van der Waals surface area contributed by atoms with E-state index < -0.39 is 24.0 Å². The monoisotopic (exact) mass is 235 g/mol. The van der Waals surface area contributed by atoms with E-state index >= 15 is 0 Å². The standard InChI is InChI=1S/C5H12N2O2.C4H9NO2/c6-3-1-2-4(7)5(8)9;1-2-3(5)4(6)7/h4H,1-3,6-7H2,(H,8,9);3H,2,5H2,1H3,(H,6,7)/t4-;3-/m00/s1. The maximum Gasteiger partial charge on any atom is 0.320 e. The minimum absolute atomic E-state index is 0.464. The van der Waals surface area contributed by atoms with E-state index in [9.17, 15) is 9.59 Å². The van der Waals surface area contributed by atoms with E-state index in [1.54, 1.807) is 6.92 Å². The van der Waals surface area contributed by atoms with E-state index in [1.807, 2.05) is 0 Å². The fourth-order valence-corrected chi connectivity index (χ4v) is 0.636. The molecular formula is C9H21N3O4. The Hall–Kier alpha value is -1.18. The summed E-state index contributed by atoms with van der Waals surface area (Å²) in [4.78, 5) is 19.8. The second-order valence-electron chi connectivity index (χ2n) is 3.23. The van der Waals surface area contributed by atoms with Gasteiger partial charge < -0.3 is 27.4 Å². The first-order chi connectivity index (χ1) is 7.36. The highest BCUT2D eigenvalue weighted by atomic mass is 16.4. The van der Waals surface area contributed by atoms with Gasteiger partial charge in [-0.15, -0.1) is 0 Å². The molecule has 0 rings (SSSR count). The van der Waals surface area contributed by atoms with Gasteiger partial charge in [0.1, 0.15) is 12.1 Å². The molecule has 0 fully saturated rings. The van der Waals surface area contributed by atoms with Crippen molar-refractivity contribution in [3.8, 4) is 0 Å². The molecule has 7 nitrogen and oxygen atoms in total. The zero-order chi connectivity index (χ0) is 13.1. The van der Waals surface area contributed by atoms with Gasteiger partial charge in [-0.1, -0.05) is 6.92 Å². The van der Waals surface area contributed by atoms with Crippen LogP contribution in [0.15, 0.2) is 0 Å². The number of hydrogen-bond donors (Lipinski definition) is 5. The summed E-state index contributed by atoms with van der Waals surface area (Å²) in [5.74, 6) is -1.88. The van der Waals surface area contributed by atoms with E-state index in [4.69, 9.17) is 27.4 Å². The van der Waals surface area contributed by atoms with Crippen LogP contribution < -0.4 is 17.2 Å². The van der Waals surface area contributed by atoms with Gasteiger partial charge >= 0.3 is 11.9 Å². The maximum atomic E-state index is 10.0.